The first-order valence-electron chi connectivity index (χ1n) is 4.93. The van der Waals surface area contributed by atoms with E-state index in [0.717, 1.165) is 0 Å². The molecule has 0 aliphatic heterocycles. The molecule has 0 amide bonds. The summed E-state index contributed by atoms with van der Waals surface area (Å²) in [5.74, 6) is -2.33. The summed E-state index contributed by atoms with van der Waals surface area (Å²) in [5, 5.41) is 21.0. The molecule has 0 saturated carbocycles. The Bertz CT molecular complexity index is 519. The number of nitrogens with zero attached hydrogens (tertiary/aromatic N) is 2. The van der Waals surface area contributed by atoms with Crippen molar-refractivity contribution in [2.45, 2.75) is 0 Å². The average Bonchev–Trinajstić information content (AvgIpc) is 2.13. The van der Waals surface area contributed by atoms with Crippen molar-refractivity contribution < 1.29 is 23.1 Å². The minimum absolute atomic E-state index is 0.294. The van der Waals surface area contributed by atoms with Crippen molar-refractivity contribution in [3.63, 3.8) is 0 Å². The molecular weight excluding hydrogens is 211 g/mol. The quantitative estimate of drug-likeness (QED) is 0.568. The molecular formula is C7H5FN2O5. The SMILES string of the molecule is [2H]C([2H])([2H])Oc1cc(F)c([N+](=O)[O-])cc1[N+](=O)[O-]. The predicted molar refractivity (Wildman–Crippen MR) is 46.3 cm³/mol. The number of hydrogen-bond donors (Lipinski definition) is 0. The topological polar surface area (TPSA) is 95.5 Å². The fourth-order valence-electron chi connectivity index (χ4n) is 0.897. The molecule has 0 radical (unpaired) electrons. The Morgan fingerprint density at radius 1 is 1.33 bits per heavy atom. The van der Waals surface area contributed by atoms with Gasteiger partial charge in [0.05, 0.1) is 21.0 Å². The number of hydrogen-bond acceptors (Lipinski definition) is 5. The number of benzene rings is 1. The number of halogens is 1. The molecule has 0 aliphatic rings. The summed E-state index contributed by atoms with van der Waals surface area (Å²) in [6.45, 7) is 0. The predicted octanol–water partition coefficient (Wildman–Crippen LogP) is 1.65. The maximum Gasteiger partial charge on any atom is 0.318 e. The average molecular weight is 219 g/mol. The van der Waals surface area contributed by atoms with E-state index >= 15 is 0 Å². The lowest BCUT2D eigenvalue weighted by Crippen LogP contribution is -1.98. The molecule has 15 heavy (non-hydrogen) atoms. The van der Waals surface area contributed by atoms with Gasteiger partial charge in [0.1, 0.15) is 6.07 Å². The minimum atomic E-state index is -3.03. The molecule has 0 aliphatic carbocycles. The molecule has 8 heteroatoms. The van der Waals surface area contributed by atoms with Crippen molar-refractivity contribution >= 4 is 11.4 Å². The summed E-state index contributed by atoms with van der Waals surface area (Å²) < 4.78 is 37.6. The highest BCUT2D eigenvalue weighted by molar-refractivity contribution is 5.54. The maximum absolute atomic E-state index is 13.2. The van der Waals surface area contributed by atoms with E-state index in [-0.39, 0.29) is 0 Å². The first-order chi connectivity index (χ1) is 8.11. The van der Waals surface area contributed by atoms with Gasteiger partial charge < -0.3 is 4.74 Å². The number of rotatable bonds is 3. The summed E-state index contributed by atoms with van der Waals surface area (Å²) in [6, 6.07) is 0.596. The molecule has 0 fully saturated rings. The standard InChI is InChI=1S/C7H5FN2O5/c1-15-7-2-4(8)5(9(11)12)3-6(7)10(13)14/h2-3H,1H3/i1D3. The Balaban J connectivity index is 3.38. The van der Waals surface area contributed by atoms with Gasteiger partial charge in [-0.1, -0.05) is 0 Å². The van der Waals surface area contributed by atoms with Crippen molar-refractivity contribution in [1.29, 1.82) is 0 Å². The molecule has 0 aromatic heterocycles. The van der Waals surface area contributed by atoms with Crippen LogP contribution in [0.25, 0.3) is 0 Å². The second-order valence-electron chi connectivity index (χ2n) is 2.39. The lowest BCUT2D eigenvalue weighted by Gasteiger charge is -2.01. The Morgan fingerprint density at radius 3 is 2.40 bits per heavy atom. The van der Waals surface area contributed by atoms with Gasteiger partial charge in [-0.05, 0) is 0 Å². The number of ether oxygens (including phenoxy) is 1. The van der Waals surface area contributed by atoms with Crippen LogP contribution in [-0.2, 0) is 0 Å². The fraction of sp³-hybridized carbons (Fsp3) is 0.143. The van der Waals surface area contributed by atoms with E-state index in [2.05, 4.69) is 4.74 Å². The van der Waals surface area contributed by atoms with Gasteiger partial charge in [-0.25, -0.2) is 0 Å². The largest absolute Gasteiger partial charge is 0.490 e. The Kier molecular flexibility index (Phi) is 1.83. The molecule has 0 spiro atoms. The van der Waals surface area contributed by atoms with Crippen LogP contribution < -0.4 is 4.74 Å². The van der Waals surface area contributed by atoms with Crippen LogP contribution in [-0.4, -0.2) is 16.9 Å². The first kappa shape index (κ1) is 7.10. The summed E-state index contributed by atoms with van der Waals surface area (Å²) in [6.07, 6.45) is 0. The molecule has 7 nitrogen and oxygen atoms in total. The van der Waals surface area contributed by atoms with Crippen molar-refractivity contribution in [2.24, 2.45) is 0 Å². The molecule has 1 rings (SSSR count). The van der Waals surface area contributed by atoms with Gasteiger partial charge in [-0.3, -0.25) is 20.2 Å². The van der Waals surface area contributed by atoms with Gasteiger partial charge in [0, 0.05) is 6.07 Å². The zero-order chi connectivity index (χ0) is 14.1. The third kappa shape index (κ3) is 1.98. The van der Waals surface area contributed by atoms with Crippen LogP contribution in [0.4, 0.5) is 15.8 Å². The van der Waals surface area contributed by atoms with Crippen LogP contribution in [0.15, 0.2) is 12.1 Å². The molecule has 0 unspecified atom stereocenters. The molecule has 1 aromatic carbocycles. The number of nitro benzene ring substituents is 2. The minimum Gasteiger partial charge on any atom is -0.490 e. The summed E-state index contributed by atoms with van der Waals surface area (Å²) in [5.41, 5.74) is -2.14. The van der Waals surface area contributed by atoms with Crippen molar-refractivity contribution in [3.05, 3.63) is 38.2 Å². The zero-order valence-corrected chi connectivity index (χ0v) is 6.97. The van der Waals surface area contributed by atoms with Crippen LogP contribution in [0.5, 0.6) is 5.75 Å². The third-order valence-electron chi connectivity index (χ3n) is 1.53. The van der Waals surface area contributed by atoms with E-state index in [1.165, 1.54) is 0 Å². The molecule has 0 N–H and O–H groups in total. The van der Waals surface area contributed by atoms with Gasteiger partial charge in [-0.2, -0.15) is 4.39 Å². The highest BCUT2D eigenvalue weighted by Crippen LogP contribution is 2.32. The van der Waals surface area contributed by atoms with Crippen LogP contribution >= 0.6 is 0 Å². The molecule has 1 aromatic rings. The summed E-state index contributed by atoms with van der Waals surface area (Å²) in [7, 11) is -3.03. The van der Waals surface area contributed by atoms with E-state index < -0.39 is 39.8 Å². The number of nitro groups is 2. The summed E-state index contributed by atoms with van der Waals surface area (Å²) >= 11 is 0. The third-order valence-corrected chi connectivity index (χ3v) is 1.53. The smallest absolute Gasteiger partial charge is 0.318 e. The van der Waals surface area contributed by atoms with Gasteiger partial charge in [0.25, 0.3) is 0 Å². The van der Waals surface area contributed by atoms with E-state index in [1.54, 1.807) is 0 Å². The summed E-state index contributed by atoms with van der Waals surface area (Å²) in [4.78, 5) is 18.7. The van der Waals surface area contributed by atoms with Crippen LogP contribution in [0, 0.1) is 26.0 Å². The molecule has 0 atom stereocenters. The molecule has 80 valence electrons. The van der Waals surface area contributed by atoms with Gasteiger partial charge >= 0.3 is 11.4 Å². The van der Waals surface area contributed by atoms with Crippen LogP contribution in [0.1, 0.15) is 4.11 Å². The van der Waals surface area contributed by atoms with Crippen molar-refractivity contribution in [3.8, 4) is 5.75 Å². The lowest BCUT2D eigenvalue weighted by molar-refractivity contribution is -0.396. The Hall–Kier alpha value is -2.25. The fourth-order valence-corrected chi connectivity index (χ4v) is 0.897. The first-order valence-corrected chi connectivity index (χ1v) is 3.43. The second-order valence-corrected chi connectivity index (χ2v) is 2.39. The van der Waals surface area contributed by atoms with Crippen LogP contribution in [0.3, 0.4) is 0 Å². The highest BCUT2D eigenvalue weighted by atomic mass is 19.1. The molecule has 0 saturated heterocycles. The highest BCUT2D eigenvalue weighted by Gasteiger charge is 2.25. The van der Waals surface area contributed by atoms with Crippen LogP contribution in [0.2, 0.25) is 0 Å². The van der Waals surface area contributed by atoms with E-state index in [1.807, 2.05) is 0 Å². The Morgan fingerprint density at radius 2 is 1.93 bits per heavy atom. The zero-order valence-electron chi connectivity index (χ0n) is 9.97. The Labute approximate surface area is 86.6 Å². The van der Waals surface area contributed by atoms with E-state index in [9.17, 15) is 24.6 Å². The van der Waals surface area contributed by atoms with E-state index in [4.69, 9.17) is 4.11 Å². The number of methoxy groups -OCH3 is 1. The van der Waals surface area contributed by atoms with Crippen molar-refractivity contribution in [2.75, 3.05) is 7.04 Å². The monoisotopic (exact) mass is 219 g/mol. The van der Waals surface area contributed by atoms with Gasteiger partial charge in [0.15, 0.2) is 5.75 Å². The van der Waals surface area contributed by atoms with Gasteiger partial charge in [-0.15, -0.1) is 0 Å². The second kappa shape index (κ2) is 3.86. The van der Waals surface area contributed by atoms with Crippen molar-refractivity contribution in [1.82, 2.24) is 0 Å². The lowest BCUT2D eigenvalue weighted by atomic mass is 10.2. The maximum atomic E-state index is 13.2. The van der Waals surface area contributed by atoms with Gasteiger partial charge in [0.2, 0.25) is 5.82 Å². The molecule has 0 heterocycles. The normalized spacial score (nSPS) is 13.5. The van der Waals surface area contributed by atoms with E-state index in [0.29, 0.717) is 12.1 Å². The molecule has 0 bridgehead atoms.